The largest absolute Gasteiger partial charge is 0.302 e. The average molecular weight is 226 g/mol. The van der Waals surface area contributed by atoms with Gasteiger partial charge in [0.15, 0.2) is 5.13 Å². The van der Waals surface area contributed by atoms with Gasteiger partial charge in [-0.25, -0.2) is 4.98 Å². The molecule has 0 atom stereocenters. The van der Waals surface area contributed by atoms with Gasteiger partial charge in [0, 0.05) is 11.3 Å². The molecule has 0 saturated heterocycles. The van der Waals surface area contributed by atoms with Gasteiger partial charge in [0.1, 0.15) is 0 Å². The molecule has 0 aliphatic rings. The maximum atomic E-state index is 11.4. The van der Waals surface area contributed by atoms with Gasteiger partial charge in [-0.3, -0.25) is 4.79 Å². The molecule has 1 aromatic heterocycles. The van der Waals surface area contributed by atoms with E-state index in [0.29, 0.717) is 11.0 Å². The van der Waals surface area contributed by atoms with Crippen LogP contribution in [0.15, 0.2) is 5.38 Å². The molecule has 1 heterocycles. The number of aromatic nitrogens is 1. The van der Waals surface area contributed by atoms with Crippen molar-refractivity contribution in [1.29, 1.82) is 0 Å². The molecule has 4 heteroatoms. The smallest absolute Gasteiger partial charge is 0.228 e. The van der Waals surface area contributed by atoms with E-state index in [1.165, 1.54) is 11.3 Å². The van der Waals surface area contributed by atoms with Crippen molar-refractivity contribution >= 4 is 22.4 Å². The number of nitrogens with zero attached hydrogens (tertiary/aromatic N) is 1. The minimum atomic E-state index is 0.00227. The standard InChI is InChI=1S/C11H18N2OS/c1-7(2)5-9-6-15-11(12-9)13-10(14)8(3)4/h6-8H,5H2,1-4H3,(H,12,13,14). The third kappa shape index (κ3) is 4.00. The molecule has 1 amide bonds. The first-order chi connectivity index (χ1) is 6.99. The Bertz CT molecular complexity index is 331. The zero-order valence-corrected chi connectivity index (χ0v) is 10.5. The van der Waals surface area contributed by atoms with E-state index in [0.717, 1.165) is 12.1 Å². The van der Waals surface area contributed by atoms with Crippen LogP contribution in [0.25, 0.3) is 0 Å². The van der Waals surface area contributed by atoms with Crippen LogP contribution >= 0.6 is 11.3 Å². The highest BCUT2D eigenvalue weighted by atomic mass is 32.1. The minimum absolute atomic E-state index is 0.00227. The number of carbonyl (C=O) groups excluding carboxylic acids is 1. The summed E-state index contributed by atoms with van der Waals surface area (Å²) < 4.78 is 0. The van der Waals surface area contributed by atoms with Crippen LogP contribution in [0.5, 0.6) is 0 Å². The molecular weight excluding hydrogens is 208 g/mol. The highest BCUT2D eigenvalue weighted by molar-refractivity contribution is 7.13. The lowest BCUT2D eigenvalue weighted by Crippen LogP contribution is -2.17. The van der Waals surface area contributed by atoms with Crippen LogP contribution in [-0.2, 0) is 11.2 Å². The molecule has 0 radical (unpaired) electrons. The number of rotatable bonds is 4. The van der Waals surface area contributed by atoms with Crippen molar-refractivity contribution < 1.29 is 4.79 Å². The van der Waals surface area contributed by atoms with Crippen molar-refractivity contribution in [1.82, 2.24) is 4.98 Å². The second-order valence-corrected chi connectivity index (χ2v) is 5.24. The van der Waals surface area contributed by atoms with Crippen molar-refractivity contribution in [2.24, 2.45) is 11.8 Å². The molecule has 84 valence electrons. The zero-order valence-electron chi connectivity index (χ0n) is 9.70. The predicted octanol–water partition coefficient (Wildman–Crippen LogP) is 2.94. The molecule has 1 aromatic rings. The molecule has 1 N–H and O–H groups in total. The molecule has 0 spiro atoms. The zero-order chi connectivity index (χ0) is 11.4. The van der Waals surface area contributed by atoms with Crippen molar-refractivity contribution in [2.75, 3.05) is 5.32 Å². The Hall–Kier alpha value is -0.900. The summed E-state index contributed by atoms with van der Waals surface area (Å²) in [5.41, 5.74) is 1.06. The van der Waals surface area contributed by atoms with Gasteiger partial charge in [0.05, 0.1) is 5.69 Å². The average Bonchev–Trinajstić information content (AvgIpc) is 2.51. The first-order valence-corrected chi connectivity index (χ1v) is 6.12. The Labute approximate surface area is 94.9 Å². The fourth-order valence-electron chi connectivity index (χ4n) is 1.13. The highest BCUT2D eigenvalue weighted by Gasteiger charge is 2.10. The Kier molecular flexibility index (Phi) is 4.27. The Morgan fingerprint density at radius 1 is 1.47 bits per heavy atom. The summed E-state index contributed by atoms with van der Waals surface area (Å²) in [5.74, 6) is 0.628. The molecule has 15 heavy (non-hydrogen) atoms. The van der Waals surface area contributed by atoms with Crippen molar-refractivity contribution in [3.8, 4) is 0 Å². The molecule has 0 aromatic carbocycles. The fraction of sp³-hybridized carbons (Fsp3) is 0.636. The van der Waals surface area contributed by atoms with Crippen molar-refractivity contribution in [2.45, 2.75) is 34.1 Å². The Morgan fingerprint density at radius 3 is 2.67 bits per heavy atom. The van der Waals surface area contributed by atoms with E-state index < -0.39 is 0 Å². The van der Waals surface area contributed by atoms with E-state index in [4.69, 9.17) is 0 Å². The molecule has 0 unspecified atom stereocenters. The summed E-state index contributed by atoms with van der Waals surface area (Å²) in [6.45, 7) is 8.06. The third-order valence-electron chi connectivity index (χ3n) is 1.92. The number of hydrogen-bond acceptors (Lipinski definition) is 3. The predicted molar refractivity (Wildman–Crippen MR) is 64.1 cm³/mol. The van der Waals surface area contributed by atoms with Gasteiger partial charge in [-0.05, 0) is 12.3 Å². The van der Waals surface area contributed by atoms with E-state index in [2.05, 4.69) is 24.1 Å². The molecule has 0 saturated carbocycles. The summed E-state index contributed by atoms with van der Waals surface area (Å²) in [4.78, 5) is 15.8. The lowest BCUT2D eigenvalue weighted by molar-refractivity contribution is -0.118. The van der Waals surface area contributed by atoms with Crippen LogP contribution in [0.3, 0.4) is 0 Å². The first-order valence-electron chi connectivity index (χ1n) is 5.24. The molecule has 1 rings (SSSR count). The fourth-order valence-corrected chi connectivity index (χ4v) is 1.85. The van der Waals surface area contributed by atoms with E-state index in [1.807, 2.05) is 19.2 Å². The topological polar surface area (TPSA) is 42.0 Å². The Morgan fingerprint density at radius 2 is 2.13 bits per heavy atom. The van der Waals surface area contributed by atoms with Crippen LogP contribution in [0.4, 0.5) is 5.13 Å². The first kappa shape index (κ1) is 12.2. The van der Waals surface area contributed by atoms with Gasteiger partial charge in [0.25, 0.3) is 0 Å². The third-order valence-corrected chi connectivity index (χ3v) is 2.73. The van der Waals surface area contributed by atoms with Gasteiger partial charge >= 0.3 is 0 Å². The second-order valence-electron chi connectivity index (χ2n) is 4.39. The molecule has 0 aliphatic carbocycles. The van der Waals surface area contributed by atoms with E-state index in [1.54, 1.807) is 0 Å². The quantitative estimate of drug-likeness (QED) is 0.857. The van der Waals surface area contributed by atoms with Gasteiger partial charge in [-0.15, -0.1) is 11.3 Å². The Balaban J connectivity index is 2.56. The van der Waals surface area contributed by atoms with Gasteiger partial charge in [-0.2, -0.15) is 0 Å². The maximum Gasteiger partial charge on any atom is 0.228 e. The van der Waals surface area contributed by atoms with Crippen LogP contribution in [0, 0.1) is 11.8 Å². The van der Waals surface area contributed by atoms with E-state index >= 15 is 0 Å². The number of carbonyl (C=O) groups is 1. The summed E-state index contributed by atoms with van der Waals surface area (Å²) in [5, 5.41) is 5.53. The van der Waals surface area contributed by atoms with Crippen LogP contribution < -0.4 is 5.32 Å². The number of amides is 1. The summed E-state index contributed by atoms with van der Waals surface area (Å²) >= 11 is 1.49. The van der Waals surface area contributed by atoms with Gasteiger partial charge in [0.2, 0.25) is 5.91 Å². The van der Waals surface area contributed by atoms with Gasteiger partial charge < -0.3 is 5.32 Å². The summed E-state index contributed by atoms with van der Waals surface area (Å²) in [6.07, 6.45) is 0.966. The maximum absolute atomic E-state index is 11.4. The summed E-state index contributed by atoms with van der Waals surface area (Å²) in [7, 11) is 0. The highest BCUT2D eigenvalue weighted by Crippen LogP contribution is 2.18. The summed E-state index contributed by atoms with van der Waals surface area (Å²) in [6, 6.07) is 0. The molecule has 0 bridgehead atoms. The number of anilines is 1. The van der Waals surface area contributed by atoms with Crippen LogP contribution in [0.2, 0.25) is 0 Å². The van der Waals surface area contributed by atoms with Gasteiger partial charge in [-0.1, -0.05) is 27.7 Å². The second kappa shape index (κ2) is 5.26. The normalized spacial score (nSPS) is 11.1. The van der Waals surface area contributed by atoms with Crippen molar-refractivity contribution in [3.63, 3.8) is 0 Å². The molecule has 0 aliphatic heterocycles. The van der Waals surface area contributed by atoms with E-state index in [-0.39, 0.29) is 11.8 Å². The lowest BCUT2D eigenvalue weighted by Gasteiger charge is -2.03. The molecule has 0 fully saturated rings. The van der Waals surface area contributed by atoms with Crippen LogP contribution in [0.1, 0.15) is 33.4 Å². The number of hydrogen-bond donors (Lipinski definition) is 1. The van der Waals surface area contributed by atoms with Crippen LogP contribution in [-0.4, -0.2) is 10.9 Å². The minimum Gasteiger partial charge on any atom is -0.302 e. The molecule has 3 nitrogen and oxygen atoms in total. The number of nitrogens with one attached hydrogen (secondary N) is 1. The molecular formula is C11H18N2OS. The lowest BCUT2D eigenvalue weighted by atomic mass is 10.1. The van der Waals surface area contributed by atoms with Crippen molar-refractivity contribution in [3.05, 3.63) is 11.1 Å². The van der Waals surface area contributed by atoms with E-state index in [9.17, 15) is 4.79 Å². The SMILES string of the molecule is CC(C)Cc1csc(NC(=O)C(C)C)n1. The monoisotopic (exact) mass is 226 g/mol. The number of thiazole rings is 1.